The zero-order chi connectivity index (χ0) is 19.8. The third kappa shape index (κ3) is 3.40. The fourth-order valence-electron chi connectivity index (χ4n) is 4.78. The summed E-state index contributed by atoms with van der Waals surface area (Å²) in [4.78, 5) is 23.6. The number of H-pyrrole nitrogens is 1. The summed E-state index contributed by atoms with van der Waals surface area (Å²) in [5, 5.41) is 1.25. The molecule has 2 aliphatic rings. The number of piperazine rings is 1. The van der Waals surface area contributed by atoms with Gasteiger partial charge in [0, 0.05) is 73.5 Å². The molecule has 0 saturated carbocycles. The maximum absolute atomic E-state index is 13.3. The smallest absolute Gasteiger partial charge is 0.239 e. The van der Waals surface area contributed by atoms with Gasteiger partial charge in [0.1, 0.15) is 0 Å². The largest absolute Gasteiger partial charge is 0.369 e. The lowest BCUT2D eigenvalue weighted by Crippen LogP contribution is -2.55. The van der Waals surface area contributed by atoms with Crippen LogP contribution in [0, 0.1) is 0 Å². The first-order valence-corrected chi connectivity index (χ1v) is 10.6. The van der Waals surface area contributed by atoms with Gasteiger partial charge in [0.05, 0.1) is 6.04 Å². The Kier molecular flexibility index (Phi) is 4.76. The third-order valence-corrected chi connectivity index (χ3v) is 6.54. The lowest BCUT2D eigenvalue weighted by Gasteiger charge is -2.40. The van der Waals surface area contributed by atoms with Crippen molar-refractivity contribution < 1.29 is 4.79 Å². The van der Waals surface area contributed by atoms with Crippen molar-refractivity contribution in [1.29, 1.82) is 0 Å². The number of anilines is 1. The molecule has 3 aromatic rings. The van der Waals surface area contributed by atoms with Crippen LogP contribution in [0.25, 0.3) is 10.9 Å². The highest BCUT2D eigenvalue weighted by molar-refractivity contribution is 5.87. The topological polar surface area (TPSA) is 42.6 Å². The van der Waals surface area contributed by atoms with E-state index in [2.05, 4.69) is 81.2 Å². The van der Waals surface area contributed by atoms with Crippen LogP contribution in [-0.2, 0) is 17.8 Å². The molecule has 1 fully saturated rings. The summed E-state index contributed by atoms with van der Waals surface area (Å²) in [7, 11) is 0. The van der Waals surface area contributed by atoms with E-state index >= 15 is 0 Å². The van der Waals surface area contributed by atoms with E-state index in [1.807, 2.05) is 0 Å². The van der Waals surface area contributed by atoms with Crippen LogP contribution in [0.4, 0.5) is 5.69 Å². The van der Waals surface area contributed by atoms with Crippen molar-refractivity contribution in [2.45, 2.75) is 25.9 Å². The van der Waals surface area contributed by atoms with Crippen LogP contribution < -0.4 is 4.90 Å². The van der Waals surface area contributed by atoms with Crippen LogP contribution >= 0.6 is 0 Å². The van der Waals surface area contributed by atoms with Gasteiger partial charge in [-0.2, -0.15) is 0 Å². The van der Waals surface area contributed by atoms with E-state index in [1.165, 1.54) is 27.8 Å². The second-order valence-electron chi connectivity index (χ2n) is 8.17. The maximum Gasteiger partial charge on any atom is 0.239 e. The molecule has 5 nitrogen and oxygen atoms in total. The Morgan fingerprint density at radius 2 is 1.66 bits per heavy atom. The molecule has 1 saturated heterocycles. The Balaban J connectivity index is 1.24. The molecule has 0 aliphatic carbocycles. The molecule has 1 amide bonds. The van der Waals surface area contributed by atoms with E-state index in [0.29, 0.717) is 6.54 Å². The number of nitrogens with zero attached hydrogens (tertiary/aromatic N) is 3. The van der Waals surface area contributed by atoms with E-state index in [0.717, 1.165) is 39.1 Å². The van der Waals surface area contributed by atoms with Gasteiger partial charge in [-0.3, -0.25) is 9.69 Å². The van der Waals surface area contributed by atoms with Crippen LogP contribution in [0.15, 0.2) is 54.6 Å². The Morgan fingerprint density at radius 1 is 0.931 bits per heavy atom. The minimum atomic E-state index is -0.0697. The average molecular weight is 389 g/mol. The van der Waals surface area contributed by atoms with Crippen LogP contribution in [0.1, 0.15) is 18.2 Å². The van der Waals surface area contributed by atoms with Gasteiger partial charge in [0.2, 0.25) is 5.91 Å². The monoisotopic (exact) mass is 388 g/mol. The summed E-state index contributed by atoms with van der Waals surface area (Å²) in [5.41, 5.74) is 5.03. The van der Waals surface area contributed by atoms with Crippen molar-refractivity contribution in [3.05, 3.63) is 65.9 Å². The number of hydrogen-bond donors (Lipinski definition) is 1. The molecule has 150 valence electrons. The number of rotatable bonds is 3. The summed E-state index contributed by atoms with van der Waals surface area (Å²) in [6.45, 7) is 7.37. The number of fused-ring (bicyclic) bond motifs is 3. The highest BCUT2D eigenvalue weighted by Gasteiger charge is 2.31. The number of para-hydroxylation sites is 2. The first-order valence-electron chi connectivity index (χ1n) is 10.6. The highest BCUT2D eigenvalue weighted by Crippen LogP contribution is 2.28. The predicted octanol–water partition coefficient (Wildman–Crippen LogP) is 3.26. The first-order chi connectivity index (χ1) is 14.2. The van der Waals surface area contributed by atoms with Gasteiger partial charge in [0.15, 0.2) is 0 Å². The molecule has 0 radical (unpaired) electrons. The molecule has 3 heterocycles. The minimum absolute atomic E-state index is 0.0697. The van der Waals surface area contributed by atoms with E-state index in [-0.39, 0.29) is 11.9 Å². The number of carbonyl (C=O) groups excluding carboxylic acids is 1. The van der Waals surface area contributed by atoms with Gasteiger partial charge in [-0.1, -0.05) is 36.4 Å². The van der Waals surface area contributed by atoms with Gasteiger partial charge < -0.3 is 14.8 Å². The molecule has 2 aromatic carbocycles. The molecule has 1 N–H and O–H groups in total. The van der Waals surface area contributed by atoms with E-state index < -0.39 is 0 Å². The molecular weight excluding hydrogens is 360 g/mol. The van der Waals surface area contributed by atoms with Crippen LogP contribution in [-0.4, -0.2) is 59.5 Å². The normalized spacial score (nSPS) is 18.7. The molecule has 0 bridgehead atoms. The van der Waals surface area contributed by atoms with Gasteiger partial charge in [-0.05, 0) is 25.1 Å². The standard InChI is InChI=1S/C24H28N4O/c1-18(26-13-15-27(16-14-26)19-7-3-2-4-8-19)24(29)28-12-11-23-21(17-28)20-9-5-6-10-22(20)25-23/h2-10,18,25H,11-17H2,1H3. The van der Waals surface area contributed by atoms with E-state index in [4.69, 9.17) is 0 Å². The van der Waals surface area contributed by atoms with Crippen molar-refractivity contribution in [2.75, 3.05) is 37.6 Å². The summed E-state index contributed by atoms with van der Waals surface area (Å²) in [5.74, 6) is 0.258. The zero-order valence-electron chi connectivity index (χ0n) is 17.0. The summed E-state index contributed by atoms with van der Waals surface area (Å²) in [6.07, 6.45) is 0.907. The zero-order valence-corrected chi connectivity index (χ0v) is 17.0. The van der Waals surface area contributed by atoms with Crippen molar-refractivity contribution in [3.8, 4) is 0 Å². The Morgan fingerprint density at radius 3 is 2.45 bits per heavy atom. The van der Waals surface area contributed by atoms with Crippen molar-refractivity contribution in [1.82, 2.24) is 14.8 Å². The molecule has 0 spiro atoms. The number of nitrogens with one attached hydrogen (secondary N) is 1. The summed E-state index contributed by atoms with van der Waals surface area (Å²) < 4.78 is 0. The molecule has 5 rings (SSSR count). The predicted molar refractivity (Wildman–Crippen MR) is 117 cm³/mol. The lowest BCUT2D eigenvalue weighted by atomic mass is 10.0. The molecule has 1 aromatic heterocycles. The quantitative estimate of drug-likeness (QED) is 0.749. The number of carbonyl (C=O) groups is 1. The number of hydrogen-bond acceptors (Lipinski definition) is 3. The number of benzene rings is 2. The molecule has 5 heteroatoms. The lowest BCUT2D eigenvalue weighted by molar-refractivity contribution is -0.137. The number of amides is 1. The number of aromatic nitrogens is 1. The van der Waals surface area contributed by atoms with Gasteiger partial charge in [-0.25, -0.2) is 0 Å². The second-order valence-corrected chi connectivity index (χ2v) is 8.17. The molecular formula is C24H28N4O. The van der Waals surface area contributed by atoms with Gasteiger partial charge in [0.25, 0.3) is 0 Å². The minimum Gasteiger partial charge on any atom is -0.369 e. The van der Waals surface area contributed by atoms with Gasteiger partial charge in [-0.15, -0.1) is 0 Å². The number of aromatic amines is 1. The van der Waals surface area contributed by atoms with E-state index in [1.54, 1.807) is 0 Å². The van der Waals surface area contributed by atoms with Crippen molar-refractivity contribution in [3.63, 3.8) is 0 Å². The SMILES string of the molecule is CC(C(=O)N1CCc2[nH]c3ccccc3c2C1)N1CCN(c2ccccc2)CC1. The van der Waals surface area contributed by atoms with Crippen LogP contribution in [0.5, 0.6) is 0 Å². The Labute approximate surface area is 171 Å². The fourth-order valence-corrected chi connectivity index (χ4v) is 4.78. The summed E-state index contributed by atoms with van der Waals surface area (Å²) in [6, 6.07) is 18.9. The van der Waals surface area contributed by atoms with Gasteiger partial charge >= 0.3 is 0 Å². The average Bonchev–Trinajstić information content (AvgIpc) is 3.17. The van der Waals surface area contributed by atoms with E-state index in [9.17, 15) is 4.79 Å². The highest BCUT2D eigenvalue weighted by atomic mass is 16.2. The Hall–Kier alpha value is -2.79. The summed E-state index contributed by atoms with van der Waals surface area (Å²) >= 11 is 0. The van der Waals surface area contributed by atoms with Crippen molar-refractivity contribution >= 4 is 22.5 Å². The van der Waals surface area contributed by atoms with Crippen LogP contribution in [0.2, 0.25) is 0 Å². The molecule has 2 aliphatic heterocycles. The third-order valence-electron chi connectivity index (χ3n) is 6.54. The first kappa shape index (κ1) is 18.3. The molecule has 1 unspecified atom stereocenters. The second kappa shape index (κ2) is 7.56. The molecule has 1 atom stereocenters. The fraction of sp³-hybridized carbons (Fsp3) is 0.375. The van der Waals surface area contributed by atoms with Crippen molar-refractivity contribution in [2.24, 2.45) is 0 Å². The Bertz CT molecular complexity index is 1000. The van der Waals surface area contributed by atoms with Crippen LogP contribution in [0.3, 0.4) is 0 Å². The molecule has 29 heavy (non-hydrogen) atoms. The maximum atomic E-state index is 13.3.